The lowest BCUT2D eigenvalue weighted by Gasteiger charge is -2.03. The number of carbonyl (C=O) groups is 1. The Labute approximate surface area is 159 Å². The third-order valence-corrected chi connectivity index (χ3v) is 4.77. The second-order valence-corrected chi connectivity index (χ2v) is 6.68. The van der Waals surface area contributed by atoms with Gasteiger partial charge in [-0.25, -0.2) is 4.98 Å². The molecular formula is C20H16N2O4S. The van der Waals surface area contributed by atoms with Crippen LogP contribution in [0.3, 0.4) is 0 Å². The van der Waals surface area contributed by atoms with Crippen molar-refractivity contribution in [1.29, 1.82) is 0 Å². The van der Waals surface area contributed by atoms with Crippen molar-refractivity contribution >= 4 is 32.6 Å². The number of hydrogen-bond acceptors (Lipinski definition) is 6. The van der Waals surface area contributed by atoms with Crippen LogP contribution in [0.25, 0.3) is 10.2 Å². The SMILES string of the molecule is COc1cccc2sc(NC(=O)c3ccc(COc4ccccc4)o3)nc12. The minimum atomic E-state index is -0.362. The Balaban J connectivity index is 1.43. The zero-order valence-corrected chi connectivity index (χ0v) is 15.3. The van der Waals surface area contributed by atoms with E-state index in [-0.39, 0.29) is 18.3 Å². The lowest BCUT2D eigenvalue weighted by molar-refractivity contribution is 0.0992. The molecule has 2 heterocycles. The standard InChI is InChI=1S/C20H16N2O4S/c1-24-15-8-5-9-17-18(15)21-20(27-17)22-19(23)16-11-10-14(26-16)12-25-13-6-3-2-4-7-13/h2-11H,12H2,1H3,(H,21,22,23). The highest BCUT2D eigenvalue weighted by atomic mass is 32.1. The average Bonchev–Trinajstić information content (AvgIpc) is 3.33. The molecule has 7 heteroatoms. The molecule has 0 aliphatic rings. The van der Waals surface area contributed by atoms with Crippen LogP contribution in [0.5, 0.6) is 11.5 Å². The molecule has 1 N–H and O–H groups in total. The molecule has 0 fully saturated rings. The van der Waals surface area contributed by atoms with Crippen LogP contribution in [0.2, 0.25) is 0 Å². The Hall–Kier alpha value is -3.32. The Morgan fingerprint density at radius 3 is 2.78 bits per heavy atom. The number of hydrogen-bond donors (Lipinski definition) is 1. The van der Waals surface area contributed by atoms with Crippen LogP contribution in [-0.2, 0) is 6.61 Å². The summed E-state index contributed by atoms with van der Waals surface area (Å²) in [5.41, 5.74) is 0.719. The van der Waals surface area contributed by atoms with Crippen molar-refractivity contribution in [3.63, 3.8) is 0 Å². The molecule has 4 rings (SSSR count). The topological polar surface area (TPSA) is 73.6 Å². The Morgan fingerprint density at radius 1 is 1.11 bits per heavy atom. The molecule has 6 nitrogen and oxygen atoms in total. The third-order valence-electron chi connectivity index (χ3n) is 3.83. The molecule has 0 saturated heterocycles. The van der Waals surface area contributed by atoms with Crippen LogP contribution in [-0.4, -0.2) is 18.0 Å². The van der Waals surface area contributed by atoms with Crippen molar-refractivity contribution in [2.75, 3.05) is 12.4 Å². The Morgan fingerprint density at radius 2 is 1.96 bits per heavy atom. The predicted molar refractivity (Wildman–Crippen MR) is 104 cm³/mol. The van der Waals surface area contributed by atoms with E-state index in [0.717, 1.165) is 16.0 Å². The molecule has 1 amide bonds. The average molecular weight is 380 g/mol. The van der Waals surface area contributed by atoms with E-state index >= 15 is 0 Å². The normalized spacial score (nSPS) is 10.7. The predicted octanol–water partition coefficient (Wildman–Crippen LogP) is 4.73. The first-order valence-electron chi connectivity index (χ1n) is 8.24. The number of carbonyl (C=O) groups excluding carboxylic acids is 1. The maximum Gasteiger partial charge on any atom is 0.293 e. The van der Waals surface area contributed by atoms with E-state index in [1.165, 1.54) is 11.3 Å². The number of nitrogens with one attached hydrogen (secondary N) is 1. The van der Waals surface area contributed by atoms with Gasteiger partial charge in [-0.05, 0) is 36.4 Å². The van der Waals surface area contributed by atoms with Gasteiger partial charge in [0.05, 0.1) is 11.8 Å². The summed E-state index contributed by atoms with van der Waals surface area (Å²) in [4.78, 5) is 16.8. The maximum atomic E-state index is 12.4. The minimum Gasteiger partial charge on any atom is -0.494 e. The summed E-state index contributed by atoms with van der Waals surface area (Å²) in [5.74, 6) is 1.81. The highest BCUT2D eigenvalue weighted by Crippen LogP contribution is 2.32. The number of anilines is 1. The summed E-state index contributed by atoms with van der Waals surface area (Å²) < 4.78 is 17.4. The van der Waals surface area contributed by atoms with Gasteiger partial charge in [-0.3, -0.25) is 10.1 Å². The van der Waals surface area contributed by atoms with Gasteiger partial charge >= 0.3 is 0 Å². The minimum absolute atomic E-state index is 0.202. The molecule has 0 aliphatic heterocycles. The molecule has 0 bridgehead atoms. The van der Waals surface area contributed by atoms with E-state index in [1.54, 1.807) is 19.2 Å². The number of benzene rings is 2. The maximum absolute atomic E-state index is 12.4. The first-order valence-corrected chi connectivity index (χ1v) is 9.06. The lowest BCUT2D eigenvalue weighted by atomic mass is 10.3. The largest absolute Gasteiger partial charge is 0.494 e. The molecule has 0 unspecified atom stereocenters. The number of amides is 1. The van der Waals surface area contributed by atoms with Crippen LogP contribution < -0.4 is 14.8 Å². The van der Waals surface area contributed by atoms with E-state index in [9.17, 15) is 4.79 Å². The highest BCUT2D eigenvalue weighted by molar-refractivity contribution is 7.22. The summed E-state index contributed by atoms with van der Waals surface area (Å²) >= 11 is 1.37. The Kier molecular flexibility index (Phi) is 4.76. The zero-order valence-electron chi connectivity index (χ0n) is 14.5. The number of para-hydroxylation sites is 2. The van der Waals surface area contributed by atoms with Gasteiger partial charge < -0.3 is 13.9 Å². The fourth-order valence-electron chi connectivity index (χ4n) is 2.55. The number of methoxy groups -OCH3 is 1. The van der Waals surface area contributed by atoms with Crippen LogP contribution >= 0.6 is 11.3 Å². The van der Waals surface area contributed by atoms with Gasteiger partial charge in [0.2, 0.25) is 0 Å². The van der Waals surface area contributed by atoms with Crippen molar-refractivity contribution in [2.45, 2.75) is 6.61 Å². The number of furan rings is 1. The van der Waals surface area contributed by atoms with Gasteiger partial charge in [-0.2, -0.15) is 0 Å². The molecule has 136 valence electrons. The summed E-state index contributed by atoms with van der Waals surface area (Å²) in [7, 11) is 1.59. The van der Waals surface area contributed by atoms with E-state index in [0.29, 0.717) is 16.6 Å². The van der Waals surface area contributed by atoms with Crippen LogP contribution in [0.1, 0.15) is 16.3 Å². The second-order valence-electron chi connectivity index (χ2n) is 5.65. The van der Waals surface area contributed by atoms with E-state index < -0.39 is 0 Å². The quantitative estimate of drug-likeness (QED) is 0.523. The fourth-order valence-corrected chi connectivity index (χ4v) is 3.43. The number of aromatic nitrogens is 1. The van der Waals surface area contributed by atoms with Crippen molar-refractivity contribution in [2.24, 2.45) is 0 Å². The molecule has 0 radical (unpaired) electrons. The number of rotatable bonds is 6. The zero-order chi connectivity index (χ0) is 18.6. The van der Waals surface area contributed by atoms with Gasteiger partial charge in [0, 0.05) is 0 Å². The van der Waals surface area contributed by atoms with E-state index in [1.807, 2.05) is 48.5 Å². The molecule has 0 atom stereocenters. The number of fused-ring (bicyclic) bond motifs is 1. The van der Waals surface area contributed by atoms with E-state index in [4.69, 9.17) is 13.9 Å². The van der Waals surface area contributed by atoms with Gasteiger partial charge in [-0.1, -0.05) is 35.6 Å². The summed E-state index contributed by atoms with van der Waals surface area (Å²) in [6, 6.07) is 18.4. The van der Waals surface area contributed by atoms with Crippen molar-refractivity contribution < 1.29 is 18.7 Å². The summed E-state index contributed by atoms with van der Waals surface area (Å²) in [6.07, 6.45) is 0. The fraction of sp³-hybridized carbons (Fsp3) is 0.100. The van der Waals surface area contributed by atoms with Gasteiger partial charge in [0.1, 0.15) is 29.4 Å². The number of nitrogens with zero attached hydrogens (tertiary/aromatic N) is 1. The van der Waals surface area contributed by atoms with Crippen molar-refractivity contribution in [3.8, 4) is 11.5 Å². The van der Waals surface area contributed by atoms with Crippen LogP contribution in [0.4, 0.5) is 5.13 Å². The summed E-state index contributed by atoms with van der Waals surface area (Å²) in [5, 5.41) is 3.25. The molecule has 0 spiro atoms. The van der Waals surface area contributed by atoms with Gasteiger partial charge in [0.15, 0.2) is 10.9 Å². The monoisotopic (exact) mass is 380 g/mol. The molecule has 2 aromatic carbocycles. The number of ether oxygens (including phenoxy) is 2. The first-order chi connectivity index (χ1) is 13.2. The van der Waals surface area contributed by atoms with Crippen LogP contribution in [0, 0.1) is 0 Å². The second kappa shape index (κ2) is 7.51. The molecule has 27 heavy (non-hydrogen) atoms. The molecular weight excluding hydrogens is 364 g/mol. The van der Waals surface area contributed by atoms with E-state index in [2.05, 4.69) is 10.3 Å². The number of thiazole rings is 1. The molecule has 0 aliphatic carbocycles. The highest BCUT2D eigenvalue weighted by Gasteiger charge is 2.15. The molecule has 0 saturated carbocycles. The third kappa shape index (κ3) is 3.78. The first kappa shape index (κ1) is 17.1. The van der Waals surface area contributed by atoms with Crippen molar-refractivity contribution in [3.05, 3.63) is 72.2 Å². The molecule has 4 aromatic rings. The smallest absolute Gasteiger partial charge is 0.293 e. The van der Waals surface area contributed by atoms with Crippen molar-refractivity contribution in [1.82, 2.24) is 4.98 Å². The lowest BCUT2D eigenvalue weighted by Crippen LogP contribution is -2.10. The summed E-state index contributed by atoms with van der Waals surface area (Å²) in [6.45, 7) is 0.246. The van der Waals surface area contributed by atoms with Gasteiger partial charge in [0.25, 0.3) is 5.91 Å². The van der Waals surface area contributed by atoms with Gasteiger partial charge in [-0.15, -0.1) is 0 Å². The van der Waals surface area contributed by atoms with Crippen LogP contribution in [0.15, 0.2) is 65.1 Å². The molecule has 2 aromatic heterocycles. The Bertz CT molecular complexity index is 1070.